The van der Waals surface area contributed by atoms with Gasteiger partial charge < -0.3 is 18.9 Å². The molecule has 0 bridgehead atoms. The van der Waals surface area contributed by atoms with Gasteiger partial charge in [0.25, 0.3) is 0 Å². The maximum Gasteiger partial charge on any atom is 0.341 e. The SMILES string of the molecule is CO/C=C(\C(=O)OC)c1cccnc1Oc1cccc(COc2ccccc2)c1. The number of carbonyl (C=O) groups is 1. The van der Waals surface area contributed by atoms with Crippen molar-refractivity contribution in [1.82, 2.24) is 4.98 Å². The number of aromatic nitrogens is 1. The summed E-state index contributed by atoms with van der Waals surface area (Å²) in [6, 6.07) is 20.5. The molecule has 148 valence electrons. The van der Waals surface area contributed by atoms with E-state index < -0.39 is 5.97 Å². The minimum atomic E-state index is -0.547. The van der Waals surface area contributed by atoms with Crippen molar-refractivity contribution in [2.45, 2.75) is 6.61 Å². The van der Waals surface area contributed by atoms with Gasteiger partial charge in [-0.1, -0.05) is 30.3 Å². The van der Waals surface area contributed by atoms with Crippen LogP contribution >= 0.6 is 0 Å². The van der Waals surface area contributed by atoms with E-state index in [0.717, 1.165) is 11.3 Å². The molecule has 0 radical (unpaired) electrons. The fourth-order valence-electron chi connectivity index (χ4n) is 2.62. The summed E-state index contributed by atoms with van der Waals surface area (Å²) in [6.45, 7) is 0.396. The van der Waals surface area contributed by atoms with E-state index in [2.05, 4.69) is 4.98 Å². The molecule has 3 aromatic rings. The first-order chi connectivity index (χ1) is 14.2. The number of ether oxygens (including phenoxy) is 4. The van der Waals surface area contributed by atoms with Crippen LogP contribution in [0.15, 0.2) is 79.2 Å². The molecule has 0 aliphatic heterocycles. The zero-order valence-corrected chi connectivity index (χ0v) is 16.2. The predicted octanol–water partition coefficient (Wildman–Crippen LogP) is 4.61. The topological polar surface area (TPSA) is 66.9 Å². The molecule has 2 aromatic carbocycles. The van der Waals surface area contributed by atoms with Gasteiger partial charge in [0.2, 0.25) is 5.88 Å². The summed E-state index contributed by atoms with van der Waals surface area (Å²) >= 11 is 0. The van der Waals surface area contributed by atoms with Crippen molar-refractivity contribution < 1.29 is 23.7 Å². The lowest BCUT2D eigenvalue weighted by Crippen LogP contribution is -2.06. The average molecular weight is 391 g/mol. The van der Waals surface area contributed by atoms with Gasteiger partial charge in [-0.15, -0.1) is 0 Å². The van der Waals surface area contributed by atoms with Crippen molar-refractivity contribution in [3.8, 4) is 17.4 Å². The van der Waals surface area contributed by atoms with Crippen LogP contribution in [0.4, 0.5) is 0 Å². The highest BCUT2D eigenvalue weighted by Gasteiger charge is 2.19. The molecule has 0 spiro atoms. The molecule has 29 heavy (non-hydrogen) atoms. The molecular weight excluding hydrogens is 370 g/mol. The van der Waals surface area contributed by atoms with Crippen LogP contribution in [0.5, 0.6) is 17.4 Å². The second kappa shape index (κ2) is 9.94. The predicted molar refractivity (Wildman–Crippen MR) is 109 cm³/mol. The third-order valence-corrected chi connectivity index (χ3v) is 3.96. The minimum Gasteiger partial charge on any atom is -0.503 e. The summed E-state index contributed by atoms with van der Waals surface area (Å²) in [7, 11) is 2.76. The minimum absolute atomic E-state index is 0.210. The first-order valence-corrected chi connectivity index (χ1v) is 8.92. The normalized spacial score (nSPS) is 10.9. The molecule has 0 atom stereocenters. The molecule has 0 aliphatic carbocycles. The van der Waals surface area contributed by atoms with E-state index in [4.69, 9.17) is 18.9 Å². The van der Waals surface area contributed by atoms with Crippen molar-refractivity contribution in [2.24, 2.45) is 0 Å². The number of benzene rings is 2. The van der Waals surface area contributed by atoms with Crippen LogP contribution in [-0.2, 0) is 20.9 Å². The van der Waals surface area contributed by atoms with Gasteiger partial charge in [0.05, 0.1) is 26.0 Å². The van der Waals surface area contributed by atoms with E-state index in [1.165, 1.54) is 20.5 Å². The van der Waals surface area contributed by atoms with Crippen molar-refractivity contribution in [3.63, 3.8) is 0 Å². The highest BCUT2D eigenvalue weighted by atomic mass is 16.5. The van der Waals surface area contributed by atoms with E-state index in [9.17, 15) is 4.79 Å². The molecule has 1 aromatic heterocycles. The molecule has 0 saturated heterocycles. The summed E-state index contributed by atoms with van der Waals surface area (Å²) in [5, 5.41) is 0. The molecule has 6 heteroatoms. The van der Waals surface area contributed by atoms with Gasteiger partial charge in [-0.05, 0) is 42.0 Å². The third-order valence-electron chi connectivity index (χ3n) is 3.96. The Balaban J connectivity index is 1.80. The fourth-order valence-corrected chi connectivity index (χ4v) is 2.62. The van der Waals surface area contributed by atoms with Crippen LogP contribution in [0.3, 0.4) is 0 Å². The van der Waals surface area contributed by atoms with Crippen LogP contribution in [-0.4, -0.2) is 25.2 Å². The monoisotopic (exact) mass is 391 g/mol. The Morgan fingerprint density at radius 3 is 2.52 bits per heavy atom. The first kappa shape index (κ1) is 19.9. The summed E-state index contributed by atoms with van der Waals surface area (Å²) in [6.07, 6.45) is 2.89. The lowest BCUT2D eigenvalue weighted by molar-refractivity contribution is -0.133. The number of methoxy groups -OCH3 is 2. The van der Waals surface area contributed by atoms with Gasteiger partial charge in [-0.3, -0.25) is 0 Å². The standard InChI is InChI=1S/C23H21NO5/c1-26-16-21(23(25)27-2)20-12-7-13-24-22(20)29-19-11-6-8-17(14-19)15-28-18-9-4-3-5-10-18/h3-14,16H,15H2,1-2H3/b21-16-. The van der Waals surface area contributed by atoms with E-state index in [1.54, 1.807) is 18.3 Å². The van der Waals surface area contributed by atoms with Gasteiger partial charge in [-0.25, -0.2) is 9.78 Å². The molecule has 0 fully saturated rings. The second-order valence-electron chi connectivity index (χ2n) is 5.97. The molecule has 0 N–H and O–H groups in total. The highest BCUT2D eigenvalue weighted by molar-refractivity contribution is 6.16. The summed E-state index contributed by atoms with van der Waals surface area (Å²) in [4.78, 5) is 16.4. The molecule has 0 aliphatic rings. The number of nitrogens with zero attached hydrogens (tertiary/aromatic N) is 1. The molecular formula is C23H21NO5. The Kier molecular flexibility index (Phi) is 6.84. The van der Waals surface area contributed by atoms with E-state index in [1.807, 2.05) is 54.6 Å². The number of para-hydroxylation sites is 1. The van der Waals surface area contributed by atoms with Crippen LogP contribution in [0.2, 0.25) is 0 Å². The maximum absolute atomic E-state index is 12.1. The number of hydrogen-bond acceptors (Lipinski definition) is 6. The number of hydrogen-bond donors (Lipinski definition) is 0. The van der Waals surface area contributed by atoms with Gasteiger partial charge in [0.15, 0.2) is 0 Å². The molecule has 0 saturated carbocycles. The molecule has 0 unspecified atom stereocenters. The number of pyridine rings is 1. The second-order valence-corrected chi connectivity index (χ2v) is 5.97. The Hall–Kier alpha value is -3.80. The van der Waals surface area contributed by atoms with Crippen LogP contribution < -0.4 is 9.47 Å². The number of rotatable bonds is 8. The van der Waals surface area contributed by atoms with Gasteiger partial charge in [0.1, 0.15) is 23.7 Å². The van der Waals surface area contributed by atoms with Crippen LogP contribution in [0, 0.1) is 0 Å². The Bertz CT molecular complexity index is 985. The zero-order chi connectivity index (χ0) is 20.5. The summed E-state index contributed by atoms with van der Waals surface area (Å²) in [5.41, 5.74) is 1.61. The van der Waals surface area contributed by atoms with Crippen LogP contribution in [0.25, 0.3) is 5.57 Å². The molecule has 3 rings (SSSR count). The smallest absolute Gasteiger partial charge is 0.341 e. The van der Waals surface area contributed by atoms with Gasteiger partial charge in [0, 0.05) is 6.20 Å². The zero-order valence-electron chi connectivity index (χ0n) is 16.2. The van der Waals surface area contributed by atoms with Crippen LogP contribution in [0.1, 0.15) is 11.1 Å². The van der Waals surface area contributed by atoms with E-state index >= 15 is 0 Å². The molecule has 6 nitrogen and oxygen atoms in total. The number of esters is 1. The lowest BCUT2D eigenvalue weighted by atomic mass is 10.1. The molecule has 0 amide bonds. The summed E-state index contributed by atoms with van der Waals surface area (Å²) < 4.78 is 21.6. The Morgan fingerprint density at radius 2 is 1.76 bits per heavy atom. The maximum atomic E-state index is 12.1. The van der Waals surface area contributed by atoms with Crippen molar-refractivity contribution >= 4 is 11.5 Å². The highest BCUT2D eigenvalue weighted by Crippen LogP contribution is 2.29. The van der Waals surface area contributed by atoms with Crippen molar-refractivity contribution in [2.75, 3.05) is 14.2 Å². The summed E-state index contributed by atoms with van der Waals surface area (Å²) in [5.74, 6) is 1.08. The first-order valence-electron chi connectivity index (χ1n) is 8.92. The Morgan fingerprint density at radius 1 is 0.966 bits per heavy atom. The quantitative estimate of drug-likeness (QED) is 0.317. The third kappa shape index (κ3) is 5.35. The average Bonchev–Trinajstić information content (AvgIpc) is 2.77. The van der Waals surface area contributed by atoms with Gasteiger partial charge >= 0.3 is 5.97 Å². The Labute approximate surface area is 169 Å². The number of carbonyl (C=O) groups excluding carboxylic acids is 1. The van der Waals surface area contributed by atoms with Crippen molar-refractivity contribution in [1.29, 1.82) is 0 Å². The van der Waals surface area contributed by atoms with E-state index in [-0.39, 0.29) is 11.5 Å². The van der Waals surface area contributed by atoms with Crippen molar-refractivity contribution in [3.05, 3.63) is 90.3 Å². The lowest BCUT2D eigenvalue weighted by Gasteiger charge is -2.12. The fraction of sp³-hybridized carbons (Fsp3) is 0.130. The van der Waals surface area contributed by atoms with Gasteiger partial charge in [-0.2, -0.15) is 0 Å². The van der Waals surface area contributed by atoms with E-state index in [0.29, 0.717) is 17.9 Å². The largest absolute Gasteiger partial charge is 0.503 e. The molecule has 1 heterocycles.